The molecule has 7 heteroatoms. The van der Waals surface area contributed by atoms with Crippen molar-refractivity contribution in [3.05, 3.63) is 18.3 Å². The van der Waals surface area contributed by atoms with E-state index in [1.165, 1.54) is 26.4 Å². The Labute approximate surface area is 114 Å². The highest BCUT2D eigenvalue weighted by Gasteiger charge is 2.17. The predicted octanol–water partition coefficient (Wildman–Crippen LogP) is 0.710. The van der Waals surface area contributed by atoms with Crippen molar-refractivity contribution in [2.24, 2.45) is 0 Å². The fourth-order valence-corrected chi connectivity index (χ4v) is 2.19. The maximum Gasteiger partial charge on any atom is 0.244 e. The van der Waals surface area contributed by atoms with Gasteiger partial charge in [-0.1, -0.05) is 6.92 Å². The summed E-state index contributed by atoms with van der Waals surface area (Å²) in [5.74, 6) is 0.427. The van der Waals surface area contributed by atoms with Crippen LogP contribution in [0, 0.1) is 0 Å². The maximum atomic E-state index is 11.8. The zero-order valence-electron chi connectivity index (χ0n) is 11.6. The van der Waals surface area contributed by atoms with E-state index in [4.69, 9.17) is 4.74 Å². The van der Waals surface area contributed by atoms with Gasteiger partial charge in [-0.2, -0.15) is 0 Å². The number of hydrogen-bond donors (Lipinski definition) is 1. The zero-order chi connectivity index (χ0) is 14.3. The van der Waals surface area contributed by atoms with E-state index in [9.17, 15) is 8.42 Å². The number of ether oxygens (including phenoxy) is 1. The molecule has 0 radical (unpaired) electrons. The van der Waals surface area contributed by atoms with Crippen LogP contribution in [0.1, 0.15) is 13.3 Å². The van der Waals surface area contributed by atoms with Gasteiger partial charge in [0, 0.05) is 26.7 Å². The number of nitrogens with one attached hydrogen (secondary N) is 1. The van der Waals surface area contributed by atoms with E-state index in [0.717, 1.165) is 23.8 Å². The highest BCUT2D eigenvalue weighted by atomic mass is 32.2. The van der Waals surface area contributed by atoms with E-state index >= 15 is 0 Å². The van der Waals surface area contributed by atoms with Crippen molar-refractivity contribution < 1.29 is 13.2 Å². The first-order valence-corrected chi connectivity index (χ1v) is 7.64. The number of nitrogens with zero attached hydrogens (tertiary/aromatic N) is 2. The summed E-state index contributed by atoms with van der Waals surface area (Å²) in [6.07, 6.45) is 2.39. The van der Waals surface area contributed by atoms with Gasteiger partial charge in [-0.3, -0.25) is 0 Å². The molecular formula is C12H21N3O3S. The third-order valence-corrected chi connectivity index (χ3v) is 4.24. The number of rotatable bonds is 8. The van der Waals surface area contributed by atoms with Crippen LogP contribution in [0.25, 0.3) is 0 Å². The molecule has 19 heavy (non-hydrogen) atoms. The van der Waals surface area contributed by atoms with Crippen molar-refractivity contribution in [1.29, 1.82) is 0 Å². The van der Waals surface area contributed by atoms with E-state index in [-0.39, 0.29) is 4.90 Å². The fraction of sp³-hybridized carbons (Fsp3) is 0.583. The Morgan fingerprint density at radius 2 is 2.05 bits per heavy atom. The summed E-state index contributed by atoms with van der Waals surface area (Å²) in [7, 11) is -0.453. The van der Waals surface area contributed by atoms with Gasteiger partial charge in [-0.25, -0.2) is 17.7 Å². The molecule has 1 rings (SSSR count). The van der Waals surface area contributed by atoms with Gasteiger partial charge in [0.05, 0.1) is 6.20 Å². The molecule has 0 bridgehead atoms. The summed E-state index contributed by atoms with van der Waals surface area (Å²) in [6.45, 7) is 4.30. The monoisotopic (exact) mass is 287 g/mol. The summed E-state index contributed by atoms with van der Waals surface area (Å²) < 4.78 is 30.2. The molecule has 0 aliphatic heterocycles. The molecule has 0 fully saturated rings. The van der Waals surface area contributed by atoms with Gasteiger partial charge in [0.2, 0.25) is 15.9 Å². The SMILES string of the molecule is CCCNCCOc1ccc(S(=O)(=O)N(C)C)cn1. The number of hydrogen-bond acceptors (Lipinski definition) is 5. The van der Waals surface area contributed by atoms with E-state index in [0.29, 0.717) is 12.5 Å². The molecule has 0 aliphatic carbocycles. The van der Waals surface area contributed by atoms with Crippen LogP contribution in [0.3, 0.4) is 0 Å². The molecule has 1 N–H and O–H groups in total. The van der Waals surface area contributed by atoms with Gasteiger partial charge < -0.3 is 10.1 Å². The highest BCUT2D eigenvalue weighted by Crippen LogP contribution is 2.14. The summed E-state index contributed by atoms with van der Waals surface area (Å²) >= 11 is 0. The van der Waals surface area contributed by atoms with Gasteiger partial charge >= 0.3 is 0 Å². The largest absolute Gasteiger partial charge is 0.476 e. The zero-order valence-corrected chi connectivity index (χ0v) is 12.4. The molecule has 1 heterocycles. The van der Waals surface area contributed by atoms with Crippen molar-refractivity contribution in [3.8, 4) is 5.88 Å². The van der Waals surface area contributed by atoms with Crippen molar-refractivity contribution >= 4 is 10.0 Å². The first kappa shape index (κ1) is 15.9. The lowest BCUT2D eigenvalue weighted by molar-refractivity contribution is 0.302. The molecule has 0 amide bonds. The molecule has 1 aromatic heterocycles. The lowest BCUT2D eigenvalue weighted by atomic mass is 10.5. The topological polar surface area (TPSA) is 71.5 Å². The molecule has 0 aliphatic rings. The second kappa shape index (κ2) is 7.42. The fourth-order valence-electron chi connectivity index (χ4n) is 1.35. The summed E-state index contributed by atoms with van der Waals surface area (Å²) in [6, 6.07) is 3.06. The van der Waals surface area contributed by atoms with Crippen LogP contribution in [0.15, 0.2) is 23.2 Å². The third-order valence-electron chi connectivity index (χ3n) is 2.44. The van der Waals surface area contributed by atoms with Crippen LogP contribution in [0.2, 0.25) is 0 Å². The van der Waals surface area contributed by atoms with Crippen LogP contribution >= 0.6 is 0 Å². The van der Waals surface area contributed by atoms with Crippen LogP contribution < -0.4 is 10.1 Å². The first-order chi connectivity index (χ1) is 8.98. The number of pyridine rings is 1. The Morgan fingerprint density at radius 1 is 1.32 bits per heavy atom. The molecular weight excluding hydrogens is 266 g/mol. The Hall–Kier alpha value is -1.18. The quantitative estimate of drug-likeness (QED) is 0.713. The van der Waals surface area contributed by atoms with Gasteiger partial charge in [0.15, 0.2) is 0 Å². The minimum atomic E-state index is -3.42. The van der Waals surface area contributed by atoms with Crippen LogP contribution in [0.4, 0.5) is 0 Å². The Morgan fingerprint density at radius 3 is 2.58 bits per heavy atom. The van der Waals surface area contributed by atoms with Crippen LogP contribution in [-0.4, -0.2) is 51.5 Å². The Bertz CT molecular complexity index is 471. The van der Waals surface area contributed by atoms with E-state index in [2.05, 4.69) is 17.2 Å². The Kier molecular flexibility index (Phi) is 6.20. The molecule has 0 saturated heterocycles. The highest BCUT2D eigenvalue weighted by molar-refractivity contribution is 7.89. The molecule has 1 aromatic rings. The molecule has 0 unspecified atom stereocenters. The van der Waals surface area contributed by atoms with E-state index in [1.807, 2.05) is 0 Å². The molecule has 0 saturated carbocycles. The minimum absolute atomic E-state index is 0.161. The molecule has 0 aromatic carbocycles. The average molecular weight is 287 g/mol. The van der Waals surface area contributed by atoms with Gasteiger partial charge in [-0.05, 0) is 19.0 Å². The lowest BCUT2D eigenvalue weighted by Crippen LogP contribution is -2.23. The number of aromatic nitrogens is 1. The Balaban J connectivity index is 2.53. The first-order valence-electron chi connectivity index (χ1n) is 6.20. The molecule has 0 spiro atoms. The van der Waals surface area contributed by atoms with E-state index < -0.39 is 10.0 Å². The number of sulfonamides is 1. The molecule has 108 valence electrons. The van der Waals surface area contributed by atoms with Crippen LogP contribution in [0.5, 0.6) is 5.88 Å². The second-order valence-electron chi connectivity index (χ2n) is 4.22. The lowest BCUT2D eigenvalue weighted by Gasteiger charge is -2.11. The van der Waals surface area contributed by atoms with Crippen molar-refractivity contribution in [2.75, 3.05) is 33.8 Å². The second-order valence-corrected chi connectivity index (χ2v) is 6.37. The van der Waals surface area contributed by atoms with Gasteiger partial charge in [-0.15, -0.1) is 0 Å². The molecule has 0 atom stereocenters. The smallest absolute Gasteiger partial charge is 0.244 e. The maximum absolute atomic E-state index is 11.8. The van der Waals surface area contributed by atoms with Gasteiger partial charge in [0.1, 0.15) is 11.5 Å². The van der Waals surface area contributed by atoms with Crippen molar-refractivity contribution in [2.45, 2.75) is 18.2 Å². The predicted molar refractivity (Wildman–Crippen MR) is 73.8 cm³/mol. The summed E-state index contributed by atoms with van der Waals surface area (Å²) in [5, 5.41) is 3.20. The van der Waals surface area contributed by atoms with Gasteiger partial charge in [0.25, 0.3) is 0 Å². The van der Waals surface area contributed by atoms with Crippen molar-refractivity contribution in [1.82, 2.24) is 14.6 Å². The summed E-state index contributed by atoms with van der Waals surface area (Å²) in [5.41, 5.74) is 0. The normalized spacial score (nSPS) is 11.8. The third kappa shape index (κ3) is 4.77. The standard InChI is InChI=1S/C12H21N3O3S/c1-4-7-13-8-9-18-12-6-5-11(10-14-12)19(16,17)15(2)3/h5-6,10,13H,4,7-9H2,1-3H3. The van der Waals surface area contributed by atoms with Crippen LogP contribution in [-0.2, 0) is 10.0 Å². The molecule has 6 nitrogen and oxygen atoms in total. The average Bonchev–Trinajstić information content (AvgIpc) is 2.39. The van der Waals surface area contributed by atoms with E-state index in [1.54, 1.807) is 6.07 Å². The summed E-state index contributed by atoms with van der Waals surface area (Å²) in [4.78, 5) is 4.15. The minimum Gasteiger partial charge on any atom is -0.476 e. The van der Waals surface area contributed by atoms with Crippen molar-refractivity contribution in [3.63, 3.8) is 0 Å².